The maximum Gasteiger partial charge on any atom is 0.272 e. The Morgan fingerprint density at radius 2 is 2.30 bits per heavy atom. The standard InChI is InChI=1S/C15H19N5O3/c1-20-9-10(8-16-20)14-11(4-3-7-23-14)17-15(21)12-5-6-13(22-2)19-18-12/h5-6,8-9,11,14H,3-4,7H2,1-2H3,(H,17,21)/t11-,14+/m0/s1. The van der Waals surface area contributed by atoms with Crippen LogP contribution in [-0.4, -0.2) is 45.6 Å². The molecule has 0 spiro atoms. The Morgan fingerprint density at radius 3 is 2.96 bits per heavy atom. The van der Waals surface area contributed by atoms with Gasteiger partial charge in [0.25, 0.3) is 5.91 Å². The second kappa shape index (κ2) is 6.74. The molecular weight excluding hydrogens is 298 g/mol. The Morgan fingerprint density at radius 1 is 1.43 bits per heavy atom. The summed E-state index contributed by atoms with van der Waals surface area (Å²) in [6, 6.07) is 3.08. The average molecular weight is 317 g/mol. The van der Waals surface area contributed by atoms with E-state index >= 15 is 0 Å². The first-order valence-electron chi connectivity index (χ1n) is 7.46. The topological polar surface area (TPSA) is 91.2 Å². The molecule has 3 heterocycles. The maximum atomic E-state index is 12.4. The van der Waals surface area contributed by atoms with Crippen molar-refractivity contribution < 1.29 is 14.3 Å². The maximum absolute atomic E-state index is 12.4. The van der Waals surface area contributed by atoms with Gasteiger partial charge in [-0.3, -0.25) is 9.48 Å². The van der Waals surface area contributed by atoms with Crippen LogP contribution in [0.25, 0.3) is 0 Å². The van der Waals surface area contributed by atoms with E-state index in [1.807, 2.05) is 13.2 Å². The molecule has 2 aromatic rings. The minimum atomic E-state index is -0.274. The van der Waals surface area contributed by atoms with Crippen LogP contribution in [0.3, 0.4) is 0 Å². The molecule has 0 aliphatic carbocycles. The molecule has 23 heavy (non-hydrogen) atoms. The highest BCUT2D eigenvalue weighted by Crippen LogP contribution is 2.28. The third-order valence-corrected chi connectivity index (χ3v) is 3.77. The van der Waals surface area contributed by atoms with E-state index < -0.39 is 0 Å². The third-order valence-electron chi connectivity index (χ3n) is 3.77. The molecule has 0 bridgehead atoms. The number of methoxy groups -OCH3 is 1. The zero-order valence-electron chi connectivity index (χ0n) is 13.1. The molecule has 8 heteroatoms. The lowest BCUT2D eigenvalue weighted by Gasteiger charge is -2.31. The first-order chi connectivity index (χ1) is 11.2. The van der Waals surface area contributed by atoms with Crippen molar-refractivity contribution in [3.05, 3.63) is 35.8 Å². The van der Waals surface area contributed by atoms with Gasteiger partial charge in [0.2, 0.25) is 5.88 Å². The molecule has 0 saturated carbocycles. The summed E-state index contributed by atoms with van der Waals surface area (Å²) < 4.78 is 12.5. The van der Waals surface area contributed by atoms with Crippen LogP contribution in [0, 0.1) is 0 Å². The van der Waals surface area contributed by atoms with Gasteiger partial charge in [-0.2, -0.15) is 5.10 Å². The lowest BCUT2D eigenvalue weighted by molar-refractivity contribution is -0.00956. The molecule has 1 aliphatic rings. The predicted molar refractivity (Wildman–Crippen MR) is 81.0 cm³/mol. The number of aromatic nitrogens is 4. The quantitative estimate of drug-likeness (QED) is 0.899. The molecule has 8 nitrogen and oxygen atoms in total. The highest BCUT2D eigenvalue weighted by atomic mass is 16.5. The zero-order valence-corrected chi connectivity index (χ0v) is 13.1. The van der Waals surface area contributed by atoms with E-state index in [1.165, 1.54) is 7.11 Å². The molecule has 2 atom stereocenters. The van der Waals surface area contributed by atoms with Crippen LogP contribution >= 0.6 is 0 Å². The molecule has 2 aromatic heterocycles. The molecular formula is C15H19N5O3. The Kier molecular flexibility index (Phi) is 4.52. The van der Waals surface area contributed by atoms with Gasteiger partial charge >= 0.3 is 0 Å². The van der Waals surface area contributed by atoms with Crippen LogP contribution in [0.1, 0.15) is 35.0 Å². The lowest BCUT2D eigenvalue weighted by Crippen LogP contribution is -2.43. The van der Waals surface area contributed by atoms with Crippen LogP contribution in [0.2, 0.25) is 0 Å². The number of nitrogens with one attached hydrogen (secondary N) is 1. The van der Waals surface area contributed by atoms with E-state index in [0.29, 0.717) is 12.5 Å². The summed E-state index contributed by atoms with van der Waals surface area (Å²) in [5.74, 6) is 0.0975. The smallest absolute Gasteiger partial charge is 0.272 e. The Balaban J connectivity index is 1.72. The fraction of sp³-hybridized carbons (Fsp3) is 0.467. The summed E-state index contributed by atoms with van der Waals surface area (Å²) in [7, 11) is 3.36. The Bertz CT molecular complexity index is 670. The summed E-state index contributed by atoms with van der Waals surface area (Å²) in [6.07, 6.45) is 5.21. The number of ether oxygens (including phenoxy) is 2. The molecule has 1 saturated heterocycles. The molecule has 0 radical (unpaired) electrons. The fourth-order valence-electron chi connectivity index (χ4n) is 2.64. The van der Waals surface area contributed by atoms with Gasteiger partial charge < -0.3 is 14.8 Å². The number of nitrogens with zero attached hydrogens (tertiary/aromatic N) is 4. The Labute approximate surface area is 133 Å². The van der Waals surface area contributed by atoms with E-state index in [4.69, 9.17) is 9.47 Å². The molecule has 0 aromatic carbocycles. The van der Waals surface area contributed by atoms with E-state index in [0.717, 1.165) is 18.4 Å². The van der Waals surface area contributed by atoms with Gasteiger partial charge in [0.15, 0.2) is 5.69 Å². The highest BCUT2D eigenvalue weighted by Gasteiger charge is 2.30. The second-order valence-corrected chi connectivity index (χ2v) is 5.42. The summed E-state index contributed by atoms with van der Waals surface area (Å²) in [5, 5.41) is 14.8. The van der Waals surface area contributed by atoms with Gasteiger partial charge in [-0.25, -0.2) is 0 Å². The number of carbonyl (C=O) groups excluding carboxylic acids is 1. The van der Waals surface area contributed by atoms with Gasteiger partial charge in [0.1, 0.15) is 6.10 Å². The van der Waals surface area contributed by atoms with Crippen molar-refractivity contribution in [3.63, 3.8) is 0 Å². The monoisotopic (exact) mass is 317 g/mol. The van der Waals surface area contributed by atoms with Crippen molar-refractivity contribution in [1.82, 2.24) is 25.3 Å². The van der Waals surface area contributed by atoms with Crippen molar-refractivity contribution in [3.8, 4) is 5.88 Å². The summed E-state index contributed by atoms with van der Waals surface area (Å²) >= 11 is 0. The van der Waals surface area contributed by atoms with Gasteiger partial charge in [0.05, 0.1) is 19.3 Å². The van der Waals surface area contributed by atoms with E-state index in [9.17, 15) is 4.79 Å². The summed E-state index contributed by atoms with van der Waals surface area (Å²) in [6.45, 7) is 0.675. The molecule has 3 rings (SSSR count). The largest absolute Gasteiger partial charge is 0.480 e. The van der Waals surface area contributed by atoms with Crippen molar-refractivity contribution in [2.45, 2.75) is 25.0 Å². The number of hydrogen-bond acceptors (Lipinski definition) is 6. The lowest BCUT2D eigenvalue weighted by atomic mass is 9.98. The van der Waals surface area contributed by atoms with E-state index in [1.54, 1.807) is 23.0 Å². The molecule has 122 valence electrons. The minimum absolute atomic E-state index is 0.121. The summed E-state index contributed by atoms with van der Waals surface area (Å²) in [5.41, 5.74) is 1.21. The highest BCUT2D eigenvalue weighted by molar-refractivity contribution is 5.92. The van der Waals surface area contributed by atoms with Crippen molar-refractivity contribution in [1.29, 1.82) is 0 Å². The van der Waals surface area contributed by atoms with E-state index in [-0.39, 0.29) is 23.7 Å². The molecule has 1 aliphatic heterocycles. The molecule has 1 N–H and O–H groups in total. The number of hydrogen-bond donors (Lipinski definition) is 1. The van der Waals surface area contributed by atoms with Gasteiger partial charge in [-0.05, 0) is 18.9 Å². The van der Waals surface area contributed by atoms with Crippen molar-refractivity contribution in [2.75, 3.05) is 13.7 Å². The number of amides is 1. The fourth-order valence-corrected chi connectivity index (χ4v) is 2.64. The predicted octanol–water partition coefficient (Wildman–Crippen LogP) is 0.869. The van der Waals surface area contributed by atoms with Crippen LogP contribution in [0.4, 0.5) is 0 Å². The number of aryl methyl sites for hydroxylation is 1. The van der Waals surface area contributed by atoms with E-state index in [2.05, 4.69) is 20.6 Å². The number of rotatable bonds is 4. The first kappa shape index (κ1) is 15.4. The van der Waals surface area contributed by atoms with Crippen LogP contribution in [0.5, 0.6) is 5.88 Å². The van der Waals surface area contributed by atoms with Gasteiger partial charge in [-0.15, -0.1) is 10.2 Å². The number of carbonyl (C=O) groups is 1. The zero-order chi connectivity index (χ0) is 16.2. The summed E-state index contributed by atoms with van der Waals surface area (Å²) in [4.78, 5) is 12.4. The van der Waals surface area contributed by atoms with Crippen LogP contribution < -0.4 is 10.1 Å². The van der Waals surface area contributed by atoms with Crippen molar-refractivity contribution in [2.24, 2.45) is 7.05 Å². The SMILES string of the molecule is COc1ccc(C(=O)N[C@H]2CCCO[C@@H]2c2cnn(C)c2)nn1. The van der Waals surface area contributed by atoms with Gasteiger partial charge in [-0.1, -0.05) is 0 Å². The average Bonchev–Trinajstić information content (AvgIpc) is 3.01. The third kappa shape index (κ3) is 3.48. The molecule has 0 unspecified atom stereocenters. The second-order valence-electron chi connectivity index (χ2n) is 5.42. The molecule has 1 fully saturated rings. The molecule has 1 amide bonds. The van der Waals surface area contributed by atoms with Gasteiger partial charge in [0, 0.05) is 31.5 Å². The van der Waals surface area contributed by atoms with Crippen LogP contribution in [-0.2, 0) is 11.8 Å². The normalized spacial score (nSPS) is 21.0. The van der Waals surface area contributed by atoms with Crippen LogP contribution in [0.15, 0.2) is 24.5 Å². The van der Waals surface area contributed by atoms with Crippen molar-refractivity contribution >= 4 is 5.91 Å². The first-order valence-corrected chi connectivity index (χ1v) is 7.46. The Hall–Kier alpha value is -2.48. The minimum Gasteiger partial charge on any atom is -0.480 e.